The largest absolute Gasteiger partial charge is 0.338 e. The highest BCUT2D eigenvalue weighted by atomic mass is 16.2. The quantitative estimate of drug-likeness (QED) is 0.888. The number of hydrogen-bond donors (Lipinski definition) is 1. The number of nitrogens with zero attached hydrogens (tertiary/aromatic N) is 1. The van der Waals surface area contributed by atoms with E-state index in [0.29, 0.717) is 13.1 Å². The molecule has 116 valence electrons. The molecule has 3 heteroatoms. The third-order valence-electron chi connectivity index (χ3n) is 4.02. The lowest BCUT2D eigenvalue weighted by Crippen LogP contribution is -2.38. The first-order valence-electron chi connectivity index (χ1n) is 7.76. The van der Waals surface area contributed by atoms with E-state index in [0.717, 1.165) is 11.1 Å². The minimum absolute atomic E-state index is 0.0997. The topological polar surface area (TPSA) is 46.3 Å². The van der Waals surface area contributed by atoms with Gasteiger partial charge >= 0.3 is 0 Å². The molecule has 3 nitrogen and oxygen atoms in total. The summed E-state index contributed by atoms with van der Waals surface area (Å²) in [6, 6.07) is 19.6. The van der Waals surface area contributed by atoms with Gasteiger partial charge in [-0.15, -0.1) is 0 Å². The van der Waals surface area contributed by atoms with Crippen LogP contribution in [0, 0.1) is 5.92 Å². The highest BCUT2D eigenvalue weighted by Gasteiger charge is 2.25. The van der Waals surface area contributed by atoms with Gasteiger partial charge < -0.3 is 10.6 Å². The Hall–Kier alpha value is -2.13. The average Bonchev–Trinajstić information content (AvgIpc) is 2.59. The van der Waals surface area contributed by atoms with Crippen molar-refractivity contribution in [3.8, 4) is 0 Å². The Bertz CT molecular complexity index is 579. The van der Waals surface area contributed by atoms with Crippen LogP contribution in [0.15, 0.2) is 60.7 Å². The van der Waals surface area contributed by atoms with Crippen LogP contribution in [0.25, 0.3) is 0 Å². The van der Waals surface area contributed by atoms with Gasteiger partial charge in [0.05, 0.1) is 5.92 Å². The predicted molar refractivity (Wildman–Crippen MR) is 90.1 cm³/mol. The van der Waals surface area contributed by atoms with Gasteiger partial charge in [-0.05, 0) is 18.1 Å². The van der Waals surface area contributed by atoms with E-state index in [9.17, 15) is 4.79 Å². The summed E-state index contributed by atoms with van der Waals surface area (Å²) in [5.41, 5.74) is 8.41. The molecule has 0 radical (unpaired) electrons. The molecule has 2 rings (SSSR count). The molecule has 2 atom stereocenters. The van der Waals surface area contributed by atoms with E-state index in [4.69, 9.17) is 5.73 Å². The molecule has 0 aliphatic rings. The zero-order valence-electron chi connectivity index (χ0n) is 13.3. The normalized spacial score (nSPS) is 13.4. The van der Waals surface area contributed by atoms with E-state index in [1.807, 2.05) is 79.4 Å². The van der Waals surface area contributed by atoms with E-state index in [-0.39, 0.29) is 17.9 Å². The fraction of sp³-hybridized carbons (Fsp3) is 0.316. The maximum atomic E-state index is 12.7. The zero-order chi connectivity index (χ0) is 15.9. The number of nitrogens with two attached hydrogens (primary N) is 1. The lowest BCUT2D eigenvalue weighted by atomic mass is 9.94. The van der Waals surface area contributed by atoms with Crippen LogP contribution in [0.5, 0.6) is 0 Å². The predicted octanol–water partition coefficient (Wildman–Crippen LogP) is 3.37. The van der Waals surface area contributed by atoms with Crippen molar-refractivity contribution in [3.63, 3.8) is 0 Å². The molecule has 2 aromatic rings. The molecule has 0 aromatic heterocycles. The Morgan fingerprint density at radius 1 is 1.05 bits per heavy atom. The van der Waals surface area contributed by atoms with Crippen LogP contribution in [0.1, 0.15) is 31.0 Å². The second kappa shape index (κ2) is 7.76. The maximum absolute atomic E-state index is 12.7. The summed E-state index contributed by atoms with van der Waals surface area (Å²) < 4.78 is 0. The molecule has 0 saturated carbocycles. The smallest absolute Gasteiger partial charge is 0.227 e. The van der Waals surface area contributed by atoms with Crippen LogP contribution in [-0.2, 0) is 11.3 Å². The molecular formula is C19H24N2O. The standard InChI is InChI=1S/C19H24N2O/c1-3-21(14-16-10-6-4-7-11-16)19(22)15(2)18(20)17-12-8-5-9-13-17/h4-13,15,18H,3,14,20H2,1-2H3. The molecule has 2 N–H and O–H groups in total. The highest BCUT2D eigenvalue weighted by molar-refractivity contribution is 5.79. The van der Waals surface area contributed by atoms with Crippen molar-refractivity contribution in [2.75, 3.05) is 6.54 Å². The van der Waals surface area contributed by atoms with Crippen LogP contribution in [0.3, 0.4) is 0 Å². The Balaban J connectivity index is 2.07. The number of carbonyl (C=O) groups excluding carboxylic acids is 1. The van der Waals surface area contributed by atoms with E-state index in [1.54, 1.807) is 0 Å². The van der Waals surface area contributed by atoms with Crippen LogP contribution < -0.4 is 5.73 Å². The minimum atomic E-state index is -0.279. The third-order valence-corrected chi connectivity index (χ3v) is 4.02. The molecule has 0 spiro atoms. The fourth-order valence-electron chi connectivity index (χ4n) is 2.55. The molecule has 2 aromatic carbocycles. The van der Waals surface area contributed by atoms with Crippen molar-refractivity contribution in [1.82, 2.24) is 4.90 Å². The van der Waals surface area contributed by atoms with Crippen molar-refractivity contribution in [2.24, 2.45) is 11.7 Å². The first-order chi connectivity index (χ1) is 10.6. The van der Waals surface area contributed by atoms with Crippen molar-refractivity contribution in [3.05, 3.63) is 71.8 Å². The van der Waals surface area contributed by atoms with Crippen LogP contribution in [0.4, 0.5) is 0 Å². The maximum Gasteiger partial charge on any atom is 0.227 e. The van der Waals surface area contributed by atoms with E-state index in [1.165, 1.54) is 0 Å². The van der Waals surface area contributed by atoms with Crippen LogP contribution in [-0.4, -0.2) is 17.4 Å². The fourth-order valence-corrected chi connectivity index (χ4v) is 2.55. The van der Waals surface area contributed by atoms with E-state index >= 15 is 0 Å². The Morgan fingerprint density at radius 2 is 1.59 bits per heavy atom. The van der Waals surface area contributed by atoms with Gasteiger partial charge in [-0.25, -0.2) is 0 Å². The Morgan fingerprint density at radius 3 is 2.14 bits per heavy atom. The Kier molecular flexibility index (Phi) is 5.73. The monoisotopic (exact) mass is 296 g/mol. The number of carbonyl (C=O) groups is 1. The van der Waals surface area contributed by atoms with E-state index in [2.05, 4.69) is 0 Å². The van der Waals surface area contributed by atoms with E-state index < -0.39 is 0 Å². The number of hydrogen-bond acceptors (Lipinski definition) is 2. The first kappa shape index (κ1) is 16.2. The summed E-state index contributed by atoms with van der Waals surface area (Å²) in [7, 11) is 0. The second-order valence-corrected chi connectivity index (χ2v) is 5.56. The molecule has 0 bridgehead atoms. The van der Waals surface area contributed by atoms with Crippen LogP contribution in [0.2, 0.25) is 0 Å². The molecule has 0 aliphatic carbocycles. The minimum Gasteiger partial charge on any atom is -0.338 e. The summed E-state index contributed by atoms with van der Waals surface area (Å²) >= 11 is 0. The van der Waals surface area contributed by atoms with Crippen LogP contribution >= 0.6 is 0 Å². The summed E-state index contributed by atoms with van der Waals surface area (Å²) in [5.74, 6) is -0.145. The second-order valence-electron chi connectivity index (χ2n) is 5.56. The van der Waals surface area contributed by atoms with Crippen molar-refractivity contribution in [2.45, 2.75) is 26.4 Å². The molecule has 0 heterocycles. The van der Waals surface area contributed by atoms with Crippen molar-refractivity contribution in [1.29, 1.82) is 0 Å². The van der Waals surface area contributed by atoms with Gasteiger partial charge in [0.15, 0.2) is 0 Å². The molecular weight excluding hydrogens is 272 g/mol. The molecule has 22 heavy (non-hydrogen) atoms. The average molecular weight is 296 g/mol. The summed E-state index contributed by atoms with van der Waals surface area (Å²) in [6.07, 6.45) is 0. The lowest BCUT2D eigenvalue weighted by Gasteiger charge is -2.28. The first-order valence-corrected chi connectivity index (χ1v) is 7.76. The number of rotatable bonds is 6. The molecule has 0 saturated heterocycles. The van der Waals surface area contributed by atoms with Gasteiger partial charge in [0.25, 0.3) is 0 Å². The van der Waals surface area contributed by atoms with Crippen molar-refractivity contribution < 1.29 is 4.79 Å². The van der Waals surface area contributed by atoms with Gasteiger partial charge in [0.1, 0.15) is 0 Å². The summed E-state index contributed by atoms with van der Waals surface area (Å²) in [6.45, 7) is 5.22. The van der Waals surface area contributed by atoms with Gasteiger partial charge in [-0.3, -0.25) is 4.79 Å². The SMILES string of the molecule is CCN(Cc1ccccc1)C(=O)C(C)C(N)c1ccccc1. The zero-order valence-corrected chi connectivity index (χ0v) is 13.3. The number of amides is 1. The molecule has 1 amide bonds. The molecule has 0 fully saturated rings. The van der Waals surface area contributed by atoms with Gasteiger partial charge in [0, 0.05) is 19.1 Å². The molecule has 2 unspecified atom stereocenters. The highest BCUT2D eigenvalue weighted by Crippen LogP contribution is 2.21. The molecule has 0 aliphatic heterocycles. The van der Waals surface area contributed by atoms with Gasteiger partial charge in [-0.1, -0.05) is 67.6 Å². The lowest BCUT2D eigenvalue weighted by molar-refractivity contribution is -0.136. The Labute approximate surface area is 132 Å². The van der Waals surface area contributed by atoms with Gasteiger partial charge in [0.2, 0.25) is 5.91 Å². The summed E-state index contributed by atoms with van der Waals surface area (Å²) in [5, 5.41) is 0. The van der Waals surface area contributed by atoms with Gasteiger partial charge in [-0.2, -0.15) is 0 Å². The summed E-state index contributed by atoms with van der Waals surface area (Å²) in [4.78, 5) is 14.6. The number of benzene rings is 2. The van der Waals surface area contributed by atoms with Crippen molar-refractivity contribution >= 4 is 5.91 Å². The third kappa shape index (κ3) is 3.95.